The van der Waals surface area contributed by atoms with Gasteiger partial charge in [0.05, 0.1) is 2.74 Å². The van der Waals surface area contributed by atoms with Crippen LogP contribution in [0.5, 0.6) is 0 Å². The summed E-state index contributed by atoms with van der Waals surface area (Å²) in [5.74, 6) is -0.223. The zero-order chi connectivity index (χ0) is 19.1. The largest absolute Gasteiger partial charge is 0.299 e. The van der Waals surface area contributed by atoms with E-state index in [9.17, 15) is 9.59 Å². The van der Waals surface area contributed by atoms with Crippen LogP contribution in [0.25, 0.3) is 0 Å². The van der Waals surface area contributed by atoms with Gasteiger partial charge in [-0.3, -0.25) is 9.59 Å². The topological polar surface area (TPSA) is 34.1 Å². The Bertz CT molecular complexity index is 805. The second-order valence-electron chi connectivity index (χ2n) is 7.80. The van der Waals surface area contributed by atoms with E-state index >= 15 is 0 Å². The number of Topliss-reactive ketones (excluding diaryl/α,β-unsaturated/α-hetero) is 1. The first kappa shape index (κ1) is 10.4. The minimum atomic E-state index is -1.79. The summed E-state index contributed by atoms with van der Waals surface area (Å²) in [6, 6.07) is 0. The molecule has 22 heavy (non-hydrogen) atoms. The van der Waals surface area contributed by atoms with E-state index in [0.717, 1.165) is 12.0 Å². The Morgan fingerprint density at radius 3 is 2.91 bits per heavy atom. The molecule has 0 aliphatic heterocycles. The third kappa shape index (κ3) is 1.61. The van der Waals surface area contributed by atoms with Gasteiger partial charge in [0, 0.05) is 19.9 Å². The lowest BCUT2D eigenvalue weighted by Crippen LogP contribution is -2.50. The lowest BCUT2D eigenvalue weighted by molar-refractivity contribution is -0.131. The van der Waals surface area contributed by atoms with Crippen molar-refractivity contribution in [3.05, 3.63) is 35.9 Å². The van der Waals surface area contributed by atoms with Gasteiger partial charge in [-0.25, -0.2) is 0 Å². The molecule has 4 aliphatic rings. The first-order chi connectivity index (χ1) is 12.0. The summed E-state index contributed by atoms with van der Waals surface area (Å²) in [7, 11) is 0. The Kier molecular flexibility index (Phi) is 2.03. The summed E-state index contributed by atoms with van der Waals surface area (Å²) in [6.07, 6.45) is 5.43. The average molecular weight is 301 g/mol. The molecule has 0 aromatic rings. The zero-order valence-electron chi connectivity index (χ0n) is 17.1. The molecule has 2 heteroatoms. The fourth-order valence-electron chi connectivity index (χ4n) is 5.47. The summed E-state index contributed by atoms with van der Waals surface area (Å²) in [5.41, 5.74) is 0.267. The van der Waals surface area contributed by atoms with Crippen molar-refractivity contribution in [2.75, 3.05) is 0 Å². The van der Waals surface area contributed by atoms with Gasteiger partial charge >= 0.3 is 0 Å². The number of rotatable bonds is 0. The van der Waals surface area contributed by atoms with Crippen LogP contribution in [-0.4, -0.2) is 11.6 Å². The molecule has 3 fully saturated rings. The predicted molar refractivity (Wildman–Crippen MR) is 86.1 cm³/mol. The van der Waals surface area contributed by atoms with Crippen LogP contribution >= 0.6 is 0 Å². The third-order valence-electron chi connectivity index (χ3n) is 6.82. The van der Waals surface area contributed by atoms with E-state index < -0.39 is 17.2 Å². The van der Waals surface area contributed by atoms with Crippen molar-refractivity contribution in [2.45, 2.75) is 45.9 Å². The zero-order valence-corrected chi connectivity index (χ0v) is 13.1. The molecule has 4 aliphatic carbocycles. The first-order valence-electron chi connectivity index (χ1n) is 10.2. The molecule has 0 amide bonds. The van der Waals surface area contributed by atoms with E-state index in [0.29, 0.717) is 18.4 Å². The van der Waals surface area contributed by atoms with Gasteiger partial charge in [0.2, 0.25) is 0 Å². The summed E-state index contributed by atoms with van der Waals surface area (Å²) in [4.78, 5) is 24.7. The molecular formula is C20H24O2. The molecule has 0 aromatic carbocycles. The van der Waals surface area contributed by atoms with Crippen molar-refractivity contribution in [2.24, 2.45) is 28.6 Å². The SMILES string of the molecule is [2H][13C]([2H])=C1CC2C(CC[C@]3(C)C(=O)C([2H])([2H])CC23)[C@@]2(C)C=CC(=O)C=C12. The molecule has 0 heterocycles. The van der Waals surface area contributed by atoms with Gasteiger partial charge in [0.1, 0.15) is 5.78 Å². The molecule has 0 N–H and O–H groups in total. The fraction of sp³-hybridized carbons (Fsp3) is 0.600. The Balaban J connectivity index is 1.84. The monoisotopic (exact) mass is 301 g/mol. The highest BCUT2D eigenvalue weighted by Gasteiger charge is 2.59. The number of hydrogen-bond acceptors (Lipinski definition) is 2. The Morgan fingerprint density at radius 2 is 2.14 bits per heavy atom. The third-order valence-corrected chi connectivity index (χ3v) is 6.82. The molecule has 5 atom stereocenters. The van der Waals surface area contributed by atoms with Crippen molar-refractivity contribution in [1.82, 2.24) is 0 Å². The molecule has 0 saturated heterocycles. The molecule has 3 saturated carbocycles. The number of allylic oxidation sites excluding steroid dienone is 5. The molecule has 0 spiro atoms. The summed E-state index contributed by atoms with van der Waals surface area (Å²) < 4.78 is 32.2. The second-order valence-corrected chi connectivity index (χ2v) is 7.80. The number of hydrogen-bond donors (Lipinski definition) is 0. The maximum Gasteiger partial charge on any atom is 0.178 e. The smallest absolute Gasteiger partial charge is 0.178 e. The van der Waals surface area contributed by atoms with E-state index in [1.807, 2.05) is 13.0 Å². The quantitative estimate of drug-likeness (QED) is 0.633. The minimum absolute atomic E-state index is 0.0518. The van der Waals surface area contributed by atoms with Gasteiger partial charge in [-0.1, -0.05) is 32.0 Å². The van der Waals surface area contributed by atoms with E-state index in [1.54, 1.807) is 12.2 Å². The highest BCUT2D eigenvalue weighted by Crippen LogP contribution is 2.64. The van der Waals surface area contributed by atoms with E-state index in [4.69, 9.17) is 5.48 Å². The van der Waals surface area contributed by atoms with Gasteiger partial charge in [-0.2, -0.15) is 0 Å². The number of carbonyl (C=O) groups excluding carboxylic acids is 2. The Labute approximate surface area is 138 Å². The van der Waals surface area contributed by atoms with Crippen LogP contribution in [0.4, 0.5) is 0 Å². The molecule has 0 bridgehead atoms. The number of ketones is 2. The molecule has 0 aromatic heterocycles. The van der Waals surface area contributed by atoms with E-state index in [2.05, 4.69) is 6.92 Å². The summed E-state index contributed by atoms with van der Waals surface area (Å²) in [5, 5.41) is 0. The second kappa shape index (κ2) is 4.31. The first-order valence-corrected chi connectivity index (χ1v) is 8.18. The van der Waals surface area contributed by atoms with Crippen molar-refractivity contribution in [1.29, 1.82) is 0 Å². The molecule has 0 radical (unpaired) electrons. The van der Waals surface area contributed by atoms with Crippen LogP contribution in [0.3, 0.4) is 0 Å². The Morgan fingerprint density at radius 1 is 1.32 bits per heavy atom. The van der Waals surface area contributed by atoms with Crippen molar-refractivity contribution < 1.29 is 15.1 Å². The van der Waals surface area contributed by atoms with Crippen molar-refractivity contribution in [3.8, 4) is 0 Å². The normalized spacial score (nSPS) is 51.6. The highest BCUT2D eigenvalue weighted by molar-refractivity contribution is 6.02. The number of carbonyl (C=O) groups is 2. The van der Waals surface area contributed by atoms with E-state index in [1.165, 1.54) is 0 Å². The van der Waals surface area contributed by atoms with Gasteiger partial charge in [0.15, 0.2) is 5.78 Å². The maximum absolute atomic E-state index is 12.7. The van der Waals surface area contributed by atoms with Crippen molar-refractivity contribution in [3.63, 3.8) is 0 Å². The lowest BCUT2D eigenvalue weighted by atomic mass is 9.48. The molecule has 3 unspecified atom stereocenters. The Hall–Kier alpha value is -1.44. The van der Waals surface area contributed by atoms with Gasteiger partial charge in [-0.05, 0) is 61.2 Å². The van der Waals surface area contributed by atoms with Crippen LogP contribution < -0.4 is 0 Å². The highest BCUT2D eigenvalue weighted by atomic mass is 16.1. The lowest BCUT2D eigenvalue weighted by Gasteiger charge is -2.56. The summed E-state index contributed by atoms with van der Waals surface area (Å²) >= 11 is 0. The maximum atomic E-state index is 12.7. The van der Waals surface area contributed by atoms with Gasteiger partial charge in [-0.15, -0.1) is 0 Å². The standard InChI is InChI=1S/C20H24O2/c1-12-10-14-15-4-5-18(22)20(15,3)9-7-16(14)19(2)8-6-13(21)11-17(12)19/h6,8,11,14-16H,1,4-5,7,9-10H2,2-3H3/t14?,15?,16?,19-,20+/m1/s1/i1+1D2,5D2. The average Bonchev–Trinajstić information content (AvgIpc) is 2.74. The molecule has 4 rings (SSSR count). The van der Waals surface area contributed by atoms with Crippen LogP contribution in [0.1, 0.15) is 51.4 Å². The number of fused-ring (bicyclic) bond motifs is 5. The van der Waals surface area contributed by atoms with Gasteiger partial charge < -0.3 is 0 Å². The molecular weight excluding hydrogens is 273 g/mol. The summed E-state index contributed by atoms with van der Waals surface area (Å²) in [6.45, 7) is 3.69. The van der Waals surface area contributed by atoms with E-state index in [-0.39, 0.29) is 42.3 Å². The van der Waals surface area contributed by atoms with Crippen LogP contribution in [0.15, 0.2) is 35.9 Å². The van der Waals surface area contributed by atoms with Crippen LogP contribution in [0, 0.1) is 28.6 Å². The molecule has 116 valence electrons. The van der Waals surface area contributed by atoms with Crippen LogP contribution in [0.2, 0.25) is 0 Å². The predicted octanol–water partition coefficient (Wildman–Crippen LogP) is 4.03. The van der Waals surface area contributed by atoms with Gasteiger partial charge in [0.25, 0.3) is 0 Å². The van der Waals surface area contributed by atoms with Crippen LogP contribution in [-0.2, 0) is 9.59 Å². The van der Waals surface area contributed by atoms with Crippen molar-refractivity contribution >= 4 is 11.6 Å². The molecule has 2 nitrogen and oxygen atoms in total. The minimum Gasteiger partial charge on any atom is -0.299 e. The fourth-order valence-corrected chi connectivity index (χ4v) is 5.47.